The minimum atomic E-state index is 0.0121. The van der Waals surface area contributed by atoms with E-state index in [1.54, 1.807) is 24.3 Å². The Bertz CT molecular complexity index is 653. The van der Waals surface area contributed by atoms with Gasteiger partial charge in [0, 0.05) is 32.9 Å². The van der Waals surface area contributed by atoms with Gasteiger partial charge in [0.15, 0.2) is 0 Å². The van der Waals surface area contributed by atoms with E-state index in [0.29, 0.717) is 32.4 Å². The molecule has 0 unspecified atom stereocenters. The first-order valence-corrected chi connectivity index (χ1v) is 8.21. The molecule has 0 bridgehead atoms. The van der Waals surface area contributed by atoms with E-state index in [9.17, 15) is 0 Å². The van der Waals surface area contributed by atoms with Crippen LogP contribution in [-0.2, 0) is 6.54 Å². The average Bonchev–Trinajstić information content (AvgIpc) is 2.38. The standard InChI is InChI=1S/C16H15Cl4NO/c1-9(2)22-16-10(3-11(17)7-15(16)20)8-21-14-5-12(18)4-13(19)6-14/h3-7,9,21H,8H2,1-2H3. The first kappa shape index (κ1) is 17.6. The van der Waals surface area contributed by atoms with Crippen molar-refractivity contribution in [1.82, 2.24) is 0 Å². The Balaban J connectivity index is 2.24. The first-order chi connectivity index (χ1) is 10.3. The molecule has 0 fully saturated rings. The summed E-state index contributed by atoms with van der Waals surface area (Å²) in [7, 11) is 0. The third kappa shape index (κ3) is 4.85. The van der Waals surface area contributed by atoms with Crippen LogP contribution in [0.3, 0.4) is 0 Å². The summed E-state index contributed by atoms with van der Waals surface area (Å²) in [4.78, 5) is 0. The van der Waals surface area contributed by atoms with Crippen LogP contribution in [0.1, 0.15) is 19.4 Å². The number of halogens is 4. The molecule has 1 N–H and O–H groups in total. The third-order valence-electron chi connectivity index (χ3n) is 2.78. The van der Waals surface area contributed by atoms with Gasteiger partial charge in [-0.05, 0) is 44.2 Å². The zero-order valence-electron chi connectivity index (χ0n) is 12.1. The Kier molecular flexibility index (Phi) is 6.10. The SMILES string of the molecule is CC(C)Oc1c(Cl)cc(Cl)cc1CNc1cc(Cl)cc(Cl)c1. The average molecular weight is 379 g/mol. The molecule has 2 aromatic carbocycles. The van der Waals surface area contributed by atoms with Gasteiger partial charge in [0.25, 0.3) is 0 Å². The molecule has 0 heterocycles. The topological polar surface area (TPSA) is 21.3 Å². The Labute approximate surface area is 150 Å². The fraction of sp³-hybridized carbons (Fsp3) is 0.250. The van der Waals surface area contributed by atoms with Crippen molar-refractivity contribution in [3.8, 4) is 5.75 Å². The van der Waals surface area contributed by atoms with E-state index in [1.807, 2.05) is 19.9 Å². The van der Waals surface area contributed by atoms with E-state index in [2.05, 4.69) is 5.32 Å². The summed E-state index contributed by atoms with van der Waals surface area (Å²) < 4.78 is 5.78. The lowest BCUT2D eigenvalue weighted by Crippen LogP contribution is -2.10. The number of hydrogen-bond donors (Lipinski definition) is 1. The maximum Gasteiger partial charge on any atom is 0.143 e. The van der Waals surface area contributed by atoms with Gasteiger partial charge in [0.05, 0.1) is 11.1 Å². The smallest absolute Gasteiger partial charge is 0.143 e. The van der Waals surface area contributed by atoms with Crippen LogP contribution in [0.15, 0.2) is 30.3 Å². The van der Waals surface area contributed by atoms with E-state index >= 15 is 0 Å². The van der Waals surface area contributed by atoms with Gasteiger partial charge in [-0.2, -0.15) is 0 Å². The Morgan fingerprint density at radius 3 is 2.09 bits per heavy atom. The van der Waals surface area contributed by atoms with Gasteiger partial charge in [0.2, 0.25) is 0 Å². The second kappa shape index (κ2) is 7.65. The van der Waals surface area contributed by atoms with Gasteiger partial charge in [-0.15, -0.1) is 0 Å². The van der Waals surface area contributed by atoms with Crippen molar-refractivity contribution >= 4 is 52.1 Å². The van der Waals surface area contributed by atoms with Gasteiger partial charge in [-0.3, -0.25) is 0 Å². The summed E-state index contributed by atoms with van der Waals surface area (Å²) in [6.07, 6.45) is 0.0121. The van der Waals surface area contributed by atoms with E-state index < -0.39 is 0 Å². The van der Waals surface area contributed by atoms with Crippen LogP contribution in [0, 0.1) is 0 Å². The Morgan fingerprint density at radius 2 is 1.50 bits per heavy atom. The zero-order chi connectivity index (χ0) is 16.3. The van der Waals surface area contributed by atoms with Crippen LogP contribution < -0.4 is 10.1 Å². The molecule has 0 radical (unpaired) electrons. The molecular weight excluding hydrogens is 364 g/mol. The number of anilines is 1. The highest BCUT2D eigenvalue weighted by Gasteiger charge is 2.12. The van der Waals surface area contributed by atoms with E-state index in [-0.39, 0.29) is 6.10 Å². The molecule has 6 heteroatoms. The first-order valence-electron chi connectivity index (χ1n) is 6.69. The normalized spacial score (nSPS) is 10.9. The van der Waals surface area contributed by atoms with Crippen LogP contribution in [-0.4, -0.2) is 6.10 Å². The van der Waals surface area contributed by atoms with E-state index in [1.165, 1.54) is 0 Å². The lowest BCUT2D eigenvalue weighted by Gasteiger charge is -2.17. The second-order valence-electron chi connectivity index (χ2n) is 5.05. The monoisotopic (exact) mass is 377 g/mol. The summed E-state index contributed by atoms with van der Waals surface area (Å²) in [6.45, 7) is 4.37. The largest absolute Gasteiger partial charge is 0.489 e. The van der Waals surface area contributed by atoms with Gasteiger partial charge in [-0.1, -0.05) is 46.4 Å². The molecular formula is C16H15Cl4NO. The quantitative estimate of drug-likeness (QED) is 0.624. The van der Waals surface area contributed by atoms with Crippen LogP contribution in [0.2, 0.25) is 20.1 Å². The highest BCUT2D eigenvalue weighted by atomic mass is 35.5. The number of nitrogens with one attached hydrogen (secondary N) is 1. The lowest BCUT2D eigenvalue weighted by atomic mass is 10.2. The number of rotatable bonds is 5. The maximum absolute atomic E-state index is 6.23. The van der Waals surface area contributed by atoms with Crippen molar-refractivity contribution in [2.75, 3.05) is 5.32 Å². The van der Waals surface area contributed by atoms with Crippen molar-refractivity contribution in [2.45, 2.75) is 26.5 Å². The van der Waals surface area contributed by atoms with Crippen molar-refractivity contribution in [2.24, 2.45) is 0 Å². The number of benzene rings is 2. The molecule has 0 aliphatic rings. The predicted molar refractivity (Wildman–Crippen MR) is 96.0 cm³/mol. The summed E-state index contributed by atoms with van der Waals surface area (Å²) in [5, 5.41) is 5.42. The fourth-order valence-electron chi connectivity index (χ4n) is 1.97. The molecule has 0 spiro atoms. The minimum Gasteiger partial charge on any atom is -0.489 e. The minimum absolute atomic E-state index is 0.0121. The number of hydrogen-bond acceptors (Lipinski definition) is 2. The summed E-state index contributed by atoms with van der Waals surface area (Å²) in [6, 6.07) is 8.76. The van der Waals surface area contributed by atoms with Crippen LogP contribution >= 0.6 is 46.4 Å². The highest BCUT2D eigenvalue weighted by molar-refractivity contribution is 6.36. The molecule has 0 aliphatic carbocycles. The summed E-state index contributed by atoms with van der Waals surface area (Å²) in [5.41, 5.74) is 1.67. The molecule has 0 aromatic heterocycles. The molecule has 2 aromatic rings. The molecule has 0 aliphatic heterocycles. The van der Waals surface area contributed by atoms with Crippen molar-refractivity contribution in [3.05, 3.63) is 56.0 Å². The number of ether oxygens (including phenoxy) is 1. The summed E-state index contributed by atoms with van der Waals surface area (Å²) >= 11 is 24.3. The lowest BCUT2D eigenvalue weighted by molar-refractivity contribution is 0.240. The van der Waals surface area contributed by atoms with Gasteiger partial charge in [-0.25, -0.2) is 0 Å². The maximum atomic E-state index is 6.23. The molecule has 22 heavy (non-hydrogen) atoms. The highest BCUT2D eigenvalue weighted by Crippen LogP contribution is 2.34. The zero-order valence-corrected chi connectivity index (χ0v) is 15.1. The van der Waals surface area contributed by atoms with Crippen molar-refractivity contribution in [3.63, 3.8) is 0 Å². The molecule has 0 atom stereocenters. The molecule has 2 rings (SSSR count). The molecule has 0 saturated heterocycles. The third-order valence-corrected chi connectivity index (χ3v) is 3.72. The fourth-order valence-corrected chi connectivity index (χ4v) is 3.07. The van der Waals surface area contributed by atoms with Crippen LogP contribution in [0.25, 0.3) is 0 Å². The van der Waals surface area contributed by atoms with Gasteiger partial charge < -0.3 is 10.1 Å². The van der Waals surface area contributed by atoms with Crippen molar-refractivity contribution < 1.29 is 4.74 Å². The van der Waals surface area contributed by atoms with E-state index in [4.69, 9.17) is 51.1 Å². The van der Waals surface area contributed by atoms with Crippen molar-refractivity contribution in [1.29, 1.82) is 0 Å². The molecule has 0 saturated carbocycles. The molecule has 2 nitrogen and oxygen atoms in total. The van der Waals surface area contributed by atoms with E-state index in [0.717, 1.165) is 11.3 Å². The van der Waals surface area contributed by atoms with Gasteiger partial charge in [0.1, 0.15) is 5.75 Å². The Hall–Kier alpha value is -0.800. The summed E-state index contributed by atoms with van der Waals surface area (Å²) in [5.74, 6) is 0.627. The molecule has 0 amide bonds. The van der Waals surface area contributed by atoms with Crippen LogP contribution in [0.5, 0.6) is 5.75 Å². The molecule has 118 valence electrons. The second-order valence-corrected chi connectivity index (χ2v) is 6.77. The predicted octanol–water partition coefficient (Wildman–Crippen LogP) is 6.70. The Morgan fingerprint density at radius 1 is 0.909 bits per heavy atom. The van der Waals surface area contributed by atoms with Crippen LogP contribution in [0.4, 0.5) is 5.69 Å². The van der Waals surface area contributed by atoms with Gasteiger partial charge >= 0.3 is 0 Å².